The summed E-state index contributed by atoms with van der Waals surface area (Å²) in [6.07, 6.45) is 4.24. The van der Waals surface area contributed by atoms with Gasteiger partial charge in [-0.3, -0.25) is 4.79 Å². The number of hydrogen-bond donors (Lipinski definition) is 0. The van der Waals surface area contributed by atoms with E-state index in [1.807, 2.05) is 6.07 Å². The molecule has 5 rings (SSSR count). The van der Waals surface area contributed by atoms with E-state index in [-0.39, 0.29) is 17.4 Å². The maximum absolute atomic E-state index is 13.4. The van der Waals surface area contributed by atoms with Crippen molar-refractivity contribution in [2.45, 2.75) is 44.2 Å². The molecule has 0 radical (unpaired) electrons. The van der Waals surface area contributed by atoms with Crippen LogP contribution in [0, 0.1) is 5.82 Å². The van der Waals surface area contributed by atoms with E-state index in [2.05, 4.69) is 15.0 Å². The lowest BCUT2D eigenvalue weighted by atomic mass is 10.2. The maximum Gasteiger partial charge on any atom is 0.298 e. The lowest BCUT2D eigenvalue weighted by Crippen LogP contribution is -2.37. The Kier molecular flexibility index (Phi) is 3.55. The van der Waals surface area contributed by atoms with Gasteiger partial charge in [0.2, 0.25) is 0 Å². The van der Waals surface area contributed by atoms with Crippen molar-refractivity contribution in [2.75, 3.05) is 11.4 Å². The van der Waals surface area contributed by atoms with Crippen LogP contribution in [-0.4, -0.2) is 27.4 Å². The first kappa shape index (κ1) is 15.5. The Morgan fingerprint density at radius 2 is 2.08 bits per heavy atom. The van der Waals surface area contributed by atoms with E-state index in [1.165, 1.54) is 12.1 Å². The second-order valence-electron chi connectivity index (χ2n) is 7.15. The molecule has 1 aromatic carbocycles. The Hall–Kier alpha value is -2.70. The number of nitrogens with zero attached hydrogens (tertiary/aromatic N) is 4. The number of hydrogen-bond acceptors (Lipinski definition) is 5. The van der Waals surface area contributed by atoms with Crippen LogP contribution in [-0.2, 0) is 6.54 Å². The molecule has 134 valence electrons. The van der Waals surface area contributed by atoms with E-state index in [4.69, 9.17) is 4.42 Å². The summed E-state index contributed by atoms with van der Waals surface area (Å²) in [7, 11) is 0. The number of benzene rings is 1. The fourth-order valence-electron chi connectivity index (χ4n) is 3.68. The number of aromatic nitrogens is 3. The summed E-state index contributed by atoms with van der Waals surface area (Å²) in [4.78, 5) is 18.7. The third-order valence-electron chi connectivity index (χ3n) is 5.23. The number of oxazole rings is 1. The molecule has 6 nitrogen and oxygen atoms in total. The van der Waals surface area contributed by atoms with Crippen LogP contribution in [0.4, 0.5) is 10.4 Å². The van der Waals surface area contributed by atoms with Crippen LogP contribution in [0.3, 0.4) is 0 Å². The highest BCUT2D eigenvalue weighted by molar-refractivity contribution is 5.74. The first-order valence-electron chi connectivity index (χ1n) is 9.08. The van der Waals surface area contributed by atoms with Crippen molar-refractivity contribution in [3.05, 3.63) is 52.2 Å². The molecule has 2 aromatic heterocycles. The predicted octanol–water partition coefficient (Wildman–Crippen LogP) is 3.07. The average Bonchev–Trinajstić information content (AvgIpc) is 3.23. The molecular formula is C19H19FN4O2. The van der Waals surface area contributed by atoms with Crippen LogP contribution < -0.4 is 10.5 Å². The van der Waals surface area contributed by atoms with Crippen molar-refractivity contribution >= 4 is 17.1 Å². The van der Waals surface area contributed by atoms with Crippen LogP contribution in [0.25, 0.3) is 11.1 Å². The van der Waals surface area contributed by atoms with Crippen molar-refractivity contribution in [2.24, 2.45) is 0 Å². The van der Waals surface area contributed by atoms with E-state index in [1.54, 1.807) is 16.8 Å². The first-order valence-corrected chi connectivity index (χ1v) is 9.08. The topological polar surface area (TPSA) is 64.2 Å². The lowest BCUT2D eigenvalue weighted by molar-refractivity contribution is 0.461. The number of rotatable bonds is 4. The van der Waals surface area contributed by atoms with Gasteiger partial charge in [-0.2, -0.15) is 10.1 Å². The van der Waals surface area contributed by atoms with Gasteiger partial charge in [-0.25, -0.2) is 9.07 Å². The summed E-state index contributed by atoms with van der Waals surface area (Å²) < 4.78 is 20.8. The van der Waals surface area contributed by atoms with Gasteiger partial charge in [0.15, 0.2) is 5.58 Å². The molecule has 3 heterocycles. The van der Waals surface area contributed by atoms with E-state index in [0.29, 0.717) is 29.6 Å². The number of anilines is 1. The number of halogens is 1. The Labute approximate surface area is 149 Å². The summed E-state index contributed by atoms with van der Waals surface area (Å²) in [5.41, 5.74) is 2.00. The SMILES string of the molecule is O=c1ccc(C2CC2)nn1CC1CCCN1c1nc2cc(F)ccc2o1. The molecule has 2 fully saturated rings. The van der Waals surface area contributed by atoms with Crippen LogP contribution in [0.15, 0.2) is 39.5 Å². The zero-order valence-electron chi connectivity index (χ0n) is 14.3. The summed E-state index contributed by atoms with van der Waals surface area (Å²) in [6.45, 7) is 1.31. The molecule has 1 saturated carbocycles. The maximum atomic E-state index is 13.4. The molecule has 0 amide bonds. The van der Waals surface area contributed by atoms with E-state index < -0.39 is 0 Å². The van der Waals surface area contributed by atoms with Gasteiger partial charge in [-0.1, -0.05) is 0 Å². The van der Waals surface area contributed by atoms with Crippen LogP contribution in [0.1, 0.15) is 37.3 Å². The molecule has 0 N–H and O–H groups in total. The molecule has 1 aliphatic heterocycles. The zero-order chi connectivity index (χ0) is 17.7. The van der Waals surface area contributed by atoms with Crippen molar-refractivity contribution in [3.8, 4) is 0 Å². The highest BCUT2D eigenvalue weighted by Crippen LogP contribution is 2.38. The van der Waals surface area contributed by atoms with Crippen molar-refractivity contribution < 1.29 is 8.81 Å². The molecule has 1 unspecified atom stereocenters. The van der Waals surface area contributed by atoms with Crippen LogP contribution >= 0.6 is 0 Å². The molecule has 2 aliphatic rings. The zero-order valence-corrected chi connectivity index (χ0v) is 14.3. The van der Waals surface area contributed by atoms with Gasteiger partial charge in [-0.15, -0.1) is 0 Å². The minimum Gasteiger partial charge on any atom is -0.423 e. The quantitative estimate of drug-likeness (QED) is 0.720. The summed E-state index contributed by atoms with van der Waals surface area (Å²) in [5, 5.41) is 4.56. The third-order valence-corrected chi connectivity index (χ3v) is 5.23. The summed E-state index contributed by atoms with van der Waals surface area (Å²) in [6, 6.07) is 8.37. The largest absolute Gasteiger partial charge is 0.423 e. The predicted molar refractivity (Wildman–Crippen MR) is 94.8 cm³/mol. The van der Waals surface area contributed by atoms with Gasteiger partial charge in [0, 0.05) is 24.6 Å². The molecular weight excluding hydrogens is 335 g/mol. The third kappa shape index (κ3) is 2.77. The average molecular weight is 354 g/mol. The lowest BCUT2D eigenvalue weighted by Gasteiger charge is -2.23. The molecule has 1 aliphatic carbocycles. The minimum absolute atomic E-state index is 0.0825. The molecule has 1 atom stereocenters. The fraction of sp³-hybridized carbons (Fsp3) is 0.421. The minimum atomic E-state index is -0.331. The Bertz CT molecular complexity index is 1020. The van der Waals surface area contributed by atoms with E-state index in [9.17, 15) is 9.18 Å². The van der Waals surface area contributed by atoms with E-state index >= 15 is 0 Å². The van der Waals surface area contributed by atoms with Gasteiger partial charge >= 0.3 is 0 Å². The molecule has 1 saturated heterocycles. The molecule has 3 aromatic rings. The van der Waals surface area contributed by atoms with Crippen molar-refractivity contribution in [1.82, 2.24) is 14.8 Å². The molecule has 26 heavy (non-hydrogen) atoms. The molecule has 7 heteroatoms. The Morgan fingerprint density at radius 3 is 2.92 bits per heavy atom. The second-order valence-corrected chi connectivity index (χ2v) is 7.15. The molecule has 0 bridgehead atoms. The number of fused-ring (bicyclic) bond motifs is 1. The van der Waals surface area contributed by atoms with Gasteiger partial charge in [0.1, 0.15) is 11.3 Å². The van der Waals surface area contributed by atoms with Gasteiger partial charge < -0.3 is 9.32 Å². The van der Waals surface area contributed by atoms with Gasteiger partial charge in [0.25, 0.3) is 11.6 Å². The van der Waals surface area contributed by atoms with Crippen molar-refractivity contribution in [1.29, 1.82) is 0 Å². The van der Waals surface area contributed by atoms with Gasteiger partial charge in [0.05, 0.1) is 18.3 Å². The van der Waals surface area contributed by atoms with E-state index in [0.717, 1.165) is 37.9 Å². The van der Waals surface area contributed by atoms with Crippen LogP contribution in [0.2, 0.25) is 0 Å². The summed E-state index contributed by atoms with van der Waals surface area (Å²) >= 11 is 0. The second kappa shape index (κ2) is 5.93. The standard InChI is InChI=1S/C19H19FN4O2/c20-13-5-7-17-16(10-13)21-19(26-17)23-9-1-2-14(23)11-24-18(25)8-6-15(22-24)12-3-4-12/h5-8,10,12,14H,1-4,9,11H2. The smallest absolute Gasteiger partial charge is 0.298 e. The highest BCUT2D eigenvalue weighted by atomic mass is 19.1. The first-order chi connectivity index (χ1) is 12.7. The fourth-order valence-corrected chi connectivity index (χ4v) is 3.68. The van der Waals surface area contributed by atoms with Gasteiger partial charge in [-0.05, 0) is 43.9 Å². The highest BCUT2D eigenvalue weighted by Gasteiger charge is 2.30. The normalized spacial score (nSPS) is 20.2. The molecule has 0 spiro atoms. The summed E-state index contributed by atoms with van der Waals surface area (Å²) in [5.74, 6) is 0.177. The monoisotopic (exact) mass is 354 g/mol. The van der Waals surface area contributed by atoms with Crippen molar-refractivity contribution in [3.63, 3.8) is 0 Å². The Balaban J connectivity index is 1.43. The van der Waals surface area contributed by atoms with Crippen LogP contribution in [0.5, 0.6) is 0 Å². The Morgan fingerprint density at radius 1 is 1.19 bits per heavy atom.